The van der Waals surface area contributed by atoms with Gasteiger partial charge >= 0.3 is 0 Å². The van der Waals surface area contributed by atoms with Gasteiger partial charge in [0.15, 0.2) is 0 Å². The number of non-ortho nitro benzene ring substituents is 1. The molecule has 0 saturated heterocycles. The molecule has 3 aromatic rings. The summed E-state index contributed by atoms with van der Waals surface area (Å²) >= 11 is 0. The normalized spacial score (nSPS) is 20.0. The SMILES string of the molecule is O=C1c2ccccc2C(=O)N1CC(=O)N1c2ccccc2N(Cc2ccc([N+](=O)[O-])cc2)C(=O)C2CCCC21. The number of rotatable bonds is 5. The number of benzene rings is 3. The molecule has 3 aliphatic rings. The van der Waals surface area contributed by atoms with Crippen molar-refractivity contribution in [3.05, 3.63) is 99.6 Å². The zero-order valence-corrected chi connectivity index (χ0v) is 20.9. The van der Waals surface area contributed by atoms with Gasteiger partial charge in [0.05, 0.1) is 39.9 Å². The maximum atomic E-state index is 13.9. The lowest BCUT2D eigenvalue weighted by Gasteiger charge is -2.31. The molecule has 3 aromatic carbocycles. The van der Waals surface area contributed by atoms with E-state index in [1.54, 1.807) is 70.5 Å². The highest BCUT2D eigenvalue weighted by molar-refractivity contribution is 6.23. The average molecular weight is 525 g/mol. The summed E-state index contributed by atoms with van der Waals surface area (Å²) in [6.45, 7) is -0.252. The zero-order chi connectivity index (χ0) is 27.3. The van der Waals surface area contributed by atoms with Crippen molar-refractivity contribution < 1.29 is 24.1 Å². The number of fused-ring (bicyclic) bond motifs is 3. The molecule has 1 fully saturated rings. The van der Waals surface area contributed by atoms with Crippen LogP contribution in [0.4, 0.5) is 17.1 Å². The van der Waals surface area contributed by atoms with E-state index in [1.165, 1.54) is 12.1 Å². The Bertz CT molecular complexity index is 1500. The lowest BCUT2D eigenvalue weighted by atomic mass is 10.0. The van der Waals surface area contributed by atoms with E-state index in [4.69, 9.17) is 0 Å². The van der Waals surface area contributed by atoms with E-state index in [-0.39, 0.29) is 29.3 Å². The molecule has 4 amide bonds. The van der Waals surface area contributed by atoms with Crippen LogP contribution < -0.4 is 9.80 Å². The van der Waals surface area contributed by atoms with E-state index >= 15 is 0 Å². The van der Waals surface area contributed by atoms with Gasteiger partial charge in [-0.25, -0.2) is 0 Å². The first-order chi connectivity index (χ1) is 18.8. The average Bonchev–Trinajstić information content (AvgIpc) is 3.49. The summed E-state index contributed by atoms with van der Waals surface area (Å²) in [5, 5.41) is 11.1. The van der Waals surface area contributed by atoms with Crippen LogP contribution >= 0.6 is 0 Å². The summed E-state index contributed by atoms with van der Waals surface area (Å²) in [6.07, 6.45) is 1.97. The van der Waals surface area contributed by atoms with Crippen molar-refractivity contribution in [2.45, 2.75) is 31.8 Å². The van der Waals surface area contributed by atoms with E-state index < -0.39 is 41.1 Å². The first kappa shape index (κ1) is 24.5. The number of amides is 4. The molecule has 39 heavy (non-hydrogen) atoms. The second-order valence-corrected chi connectivity index (χ2v) is 9.95. The van der Waals surface area contributed by atoms with Crippen LogP contribution in [0.3, 0.4) is 0 Å². The Morgan fingerprint density at radius 1 is 0.821 bits per heavy atom. The number of imide groups is 1. The van der Waals surface area contributed by atoms with Gasteiger partial charge in [0, 0.05) is 18.2 Å². The van der Waals surface area contributed by atoms with Crippen LogP contribution in [0.2, 0.25) is 0 Å². The zero-order valence-electron chi connectivity index (χ0n) is 20.9. The molecule has 0 N–H and O–H groups in total. The van der Waals surface area contributed by atoms with Crippen LogP contribution in [0.15, 0.2) is 72.8 Å². The summed E-state index contributed by atoms with van der Waals surface area (Å²) in [4.78, 5) is 68.6. The lowest BCUT2D eigenvalue weighted by Crippen LogP contribution is -2.49. The molecule has 0 radical (unpaired) electrons. The van der Waals surface area contributed by atoms with Gasteiger partial charge < -0.3 is 9.80 Å². The first-order valence-electron chi connectivity index (χ1n) is 12.8. The Hall–Kier alpha value is -4.86. The van der Waals surface area contributed by atoms with Gasteiger partial charge in [0.25, 0.3) is 17.5 Å². The third-order valence-electron chi connectivity index (χ3n) is 7.75. The molecule has 0 bridgehead atoms. The van der Waals surface area contributed by atoms with Crippen molar-refractivity contribution in [3.63, 3.8) is 0 Å². The predicted octanol–water partition coefficient (Wildman–Crippen LogP) is 3.94. The van der Waals surface area contributed by atoms with Crippen molar-refractivity contribution in [3.8, 4) is 0 Å². The molecule has 2 unspecified atom stereocenters. The number of nitro benzene ring substituents is 1. The maximum absolute atomic E-state index is 13.9. The van der Waals surface area contributed by atoms with E-state index in [2.05, 4.69) is 0 Å². The number of nitrogens with zero attached hydrogens (tertiary/aromatic N) is 4. The number of hydrogen-bond acceptors (Lipinski definition) is 6. The number of carbonyl (C=O) groups is 4. The molecule has 10 nitrogen and oxygen atoms in total. The molecule has 2 atom stereocenters. The smallest absolute Gasteiger partial charge is 0.269 e. The molecule has 6 rings (SSSR count). The highest BCUT2D eigenvalue weighted by Crippen LogP contribution is 2.43. The second-order valence-electron chi connectivity index (χ2n) is 9.95. The summed E-state index contributed by atoms with van der Waals surface area (Å²) in [7, 11) is 0. The van der Waals surface area contributed by atoms with Gasteiger partial charge in [-0.15, -0.1) is 0 Å². The van der Waals surface area contributed by atoms with Crippen molar-refractivity contribution in [2.75, 3.05) is 16.3 Å². The Morgan fingerprint density at radius 3 is 2.08 bits per heavy atom. The Labute approximate surface area is 223 Å². The highest BCUT2D eigenvalue weighted by Gasteiger charge is 2.47. The van der Waals surface area contributed by atoms with E-state index in [0.29, 0.717) is 29.8 Å². The van der Waals surface area contributed by atoms with Gasteiger partial charge in [-0.1, -0.05) is 42.8 Å². The largest absolute Gasteiger partial charge is 0.306 e. The fourth-order valence-electron chi connectivity index (χ4n) is 5.91. The Morgan fingerprint density at radius 2 is 1.44 bits per heavy atom. The number of nitro groups is 1. The second kappa shape index (κ2) is 9.46. The third kappa shape index (κ3) is 4.04. The van der Waals surface area contributed by atoms with Crippen LogP contribution in [0.25, 0.3) is 0 Å². The monoisotopic (exact) mass is 524 g/mol. The highest BCUT2D eigenvalue weighted by atomic mass is 16.6. The molecule has 196 valence electrons. The molecular formula is C29H24N4O6. The molecule has 2 aliphatic heterocycles. The van der Waals surface area contributed by atoms with Crippen molar-refractivity contribution in [1.82, 2.24) is 4.90 Å². The van der Waals surface area contributed by atoms with E-state index in [1.807, 2.05) is 0 Å². The summed E-state index contributed by atoms with van der Waals surface area (Å²) < 4.78 is 0. The molecule has 10 heteroatoms. The van der Waals surface area contributed by atoms with Crippen molar-refractivity contribution >= 4 is 40.7 Å². The molecule has 1 aliphatic carbocycles. The van der Waals surface area contributed by atoms with Crippen LogP contribution in [-0.4, -0.2) is 46.0 Å². The van der Waals surface area contributed by atoms with Crippen LogP contribution in [0, 0.1) is 16.0 Å². The summed E-state index contributed by atoms with van der Waals surface area (Å²) in [5.41, 5.74) is 2.28. The Balaban J connectivity index is 1.35. The van der Waals surface area contributed by atoms with Gasteiger partial charge in [0.1, 0.15) is 6.54 Å². The lowest BCUT2D eigenvalue weighted by molar-refractivity contribution is -0.384. The van der Waals surface area contributed by atoms with Crippen molar-refractivity contribution in [2.24, 2.45) is 5.92 Å². The summed E-state index contributed by atoms with van der Waals surface area (Å²) in [5.74, 6) is -2.03. The minimum Gasteiger partial charge on any atom is -0.306 e. The van der Waals surface area contributed by atoms with Gasteiger partial charge in [-0.2, -0.15) is 0 Å². The standard InChI is InChI=1S/C29H24N4O6/c34-26(17-31-27(35)20-6-1-2-7-21(20)28(31)36)32-23-11-5-8-22(23)29(37)30(24-9-3-4-10-25(24)32)16-18-12-14-19(15-13-18)33(38)39/h1-4,6-7,9-10,12-15,22-23H,5,8,11,16-17H2. The van der Waals surface area contributed by atoms with E-state index in [0.717, 1.165) is 11.3 Å². The molecule has 0 aromatic heterocycles. The van der Waals surface area contributed by atoms with Gasteiger partial charge in [0.2, 0.25) is 11.8 Å². The van der Waals surface area contributed by atoms with Crippen LogP contribution in [-0.2, 0) is 16.1 Å². The fourth-order valence-corrected chi connectivity index (χ4v) is 5.91. The van der Waals surface area contributed by atoms with E-state index in [9.17, 15) is 29.3 Å². The van der Waals surface area contributed by atoms with Crippen LogP contribution in [0.1, 0.15) is 45.5 Å². The number of hydrogen-bond donors (Lipinski definition) is 0. The predicted molar refractivity (Wildman–Crippen MR) is 141 cm³/mol. The maximum Gasteiger partial charge on any atom is 0.269 e. The minimum absolute atomic E-state index is 0.0397. The number of anilines is 2. The molecule has 2 heterocycles. The number of carbonyl (C=O) groups excluding carboxylic acids is 4. The van der Waals surface area contributed by atoms with Gasteiger partial charge in [-0.05, 0) is 42.7 Å². The minimum atomic E-state index is -0.508. The van der Waals surface area contributed by atoms with Crippen LogP contribution in [0.5, 0.6) is 0 Å². The fraction of sp³-hybridized carbons (Fsp3) is 0.241. The van der Waals surface area contributed by atoms with Gasteiger partial charge in [-0.3, -0.25) is 34.2 Å². The van der Waals surface area contributed by atoms with Crippen molar-refractivity contribution in [1.29, 1.82) is 0 Å². The molecular weight excluding hydrogens is 500 g/mol. The molecule has 1 saturated carbocycles. The Kier molecular flexibility index (Phi) is 5.94. The first-order valence-corrected chi connectivity index (χ1v) is 12.8. The summed E-state index contributed by atoms with van der Waals surface area (Å²) in [6, 6.07) is 19.2. The topological polar surface area (TPSA) is 121 Å². The molecule has 0 spiro atoms. The quantitative estimate of drug-likeness (QED) is 0.283. The third-order valence-corrected chi connectivity index (χ3v) is 7.75. The number of para-hydroxylation sites is 2.